The summed E-state index contributed by atoms with van der Waals surface area (Å²) in [6.45, 7) is 0. The summed E-state index contributed by atoms with van der Waals surface area (Å²) in [6.07, 6.45) is 2.44. The van der Waals surface area contributed by atoms with Crippen LogP contribution < -0.4 is 10.6 Å². The van der Waals surface area contributed by atoms with Crippen LogP contribution in [0.4, 0.5) is 20.1 Å². The van der Waals surface area contributed by atoms with E-state index in [1.807, 2.05) is 24.3 Å². The number of carbonyl (C=O) groups is 1. The molecule has 23 heavy (non-hydrogen) atoms. The average molecular weight is 334 g/mol. The lowest BCUT2D eigenvalue weighted by molar-refractivity contribution is 0.262. The van der Waals surface area contributed by atoms with Crippen molar-refractivity contribution in [3.8, 4) is 0 Å². The highest BCUT2D eigenvalue weighted by atomic mass is 32.3. The summed E-state index contributed by atoms with van der Waals surface area (Å²) >= 11 is 0. The smallest absolute Gasteiger partial charge is 0.308 e. The van der Waals surface area contributed by atoms with E-state index >= 15 is 0 Å². The Morgan fingerprint density at radius 1 is 0.913 bits per heavy atom. The highest BCUT2D eigenvalue weighted by Gasteiger charge is 2.22. The number of carbonyl (C=O) groups excluding carboxylic acids is 1. The van der Waals surface area contributed by atoms with Gasteiger partial charge in [0.2, 0.25) is 0 Å². The molecule has 1 aliphatic rings. The van der Waals surface area contributed by atoms with Gasteiger partial charge in [-0.15, -0.1) is 3.89 Å². The molecular weight excluding hydrogens is 319 g/mol. The lowest BCUT2D eigenvalue weighted by atomic mass is 10.1. The number of hydrogen-bond acceptors (Lipinski definition) is 3. The van der Waals surface area contributed by atoms with Crippen molar-refractivity contribution in [2.24, 2.45) is 0 Å². The third kappa shape index (κ3) is 4.07. The van der Waals surface area contributed by atoms with Crippen LogP contribution in [-0.4, -0.2) is 14.4 Å². The largest absolute Gasteiger partial charge is 0.332 e. The number of amides is 2. The predicted octanol–water partition coefficient (Wildman–Crippen LogP) is 3.87. The first-order chi connectivity index (χ1) is 10.9. The summed E-state index contributed by atoms with van der Waals surface area (Å²) < 4.78 is 34.2. The van der Waals surface area contributed by atoms with Gasteiger partial charge in [-0.1, -0.05) is 12.1 Å². The van der Waals surface area contributed by atoms with Gasteiger partial charge in [-0.3, -0.25) is 0 Å². The molecule has 0 radical (unpaired) electrons. The zero-order valence-corrected chi connectivity index (χ0v) is 12.9. The van der Waals surface area contributed by atoms with Crippen LogP contribution in [0.5, 0.6) is 0 Å². The first-order valence-corrected chi connectivity index (χ1v) is 8.53. The van der Waals surface area contributed by atoms with Gasteiger partial charge in [-0.05, 0) is 60.7 Å². The van der Waals surface area contributed by atoms with Crippen molar-refractivity contribution in [3.05, 3.63) is 54.1 Å². The zero-order valence-electron chi connectivity index (χ0n) is 12.1. The molecule has 0 atom stereocenters. The summed E-state index contributed by atoms with van der Waals surface area (Å²) in [7, 11) is -4.73. The van der Waals surface area contributed by atoms with Crippen molar-refractivity contribution in [2.45, 2.75) is 23.7 Å². The quantitative estimate of drug-likeness (QED) is 0.834. The molecule has 0 unspecified atom stereocenters. The van der Waals surface area contributed by atoms with Crippen LogP contribution in [0, 0.1) is 0 Å². The maximum Gasteiger partial charge on any atom is 0.332 e. The van der Waals surface area contributed by atoms with Crippen molar-refractivity contribution in [2.75, 3.05) is 10.6 Å². The molecular formula is C16H15FN2O3S. The minimum absolute atomic E-state index is 0.365. The zero-order chi connectivity index (χ0) is 16.4. The molecule has 7 heteroatoms. The van der Waals surface area contributed by atoms with Crippen LogP contribution in [0.15, 0.2) is 53.4 Å². The summed E-state index contributed by atoms with van der Waals surface area (Å²) in [5, 5.41) is 5.23. The highest BCUT2D eigenvalue weighted by molar-refractivity contribution is 7.86. The number of urea groups is 1. The Labute approximate surface area is 133 Å². The molecule has 2 amide bonds. The van der Waals surface area contributed by atoms with E-state index in [1.165, 1.54) is 30.5 Å². The van der Waals surface area contributed by atoms with Gasteiger partial charge < -0.3 is 10.6 Å². The SMILES string of the molecule is O=C(Nc1ccc(C2CC2)cc1)Nc1ccc(S(=O)(=O)F)cc1. The maximum atomic E-state index is 12.8. The van der Waals surface area contributed by atoms with E-state index in [-0.39, 0.29) is 0 Å². The molecule has 0 bridgehead atoms. The molecule has 120 valence electrons. The van der Waals surface area contributed by atoms with Crippen LogP contribution in [0.25, 0.3) is 0 Å². The van der Waals surface area contributed by atoms with E-state index in [0.717, 1.165) is 12.1 Å². The van der Waals surface area contributed by atoms with Crippen LogP contribution in [0.2, 0.25) is 0 Å². The van der Waals surface area contributed by atoms with E-state index in [2.05, 4.69) is 10.6 Å². The predicted molar refractivity (Wildman–Crippen MR) is 85.8 cm³/mol. The van der Waals surface area contributed by atoms with Crippen molar-refractivity contribution < 1.29 is 17.1 Å². The number of benzene rings is 2. The van der Waals surface area contributed by atoms with E-state index in [0.29, 0.717) is 17.3 Å². The molecule has 0 heterocycles. The summed E-state index contributed by atoms with van der Waals surface area (Å²) in [5.74, 6) is 0.656. The molecule has 5 nitrogen and oxygen atoms in total. The van der Waals surface area contributed by atoms with Crippen LogP contribution in [0.3, 0.4) is 0 Å². The molecule has 3 rings (SSSR count). The normalized spacial score (nSPS) is 14.3. The van der Waals surface area contributed by atoms with Crippen LogP contribution >= 0.6 is 0 Å². The molecule has 2 N–H and O–H groups in total. The first kappa shape index (κ1) is 15.5. The second kappa shape index (κ2) is 6.00. The van der Waals surface area contributed by atoms with Crippen molar-refractivity contribution >= 4 is 27.6 Å². The second-order valence-corrected chi connectivity index (χ2v) is 6.78. The molecule has 0 aromatic heterocycles. The van der Waals surface area contributed by atoms with Gasteiger partial charge in [0.05, 0.1) is 4.90 Å². The van der Waals surface area contributed by atoms with Crippen LogP contribution in [0.1, 0.15) is 24.3 Å². The minimum atomic E-state index is -4.73. The first-order valence-electron chi connectivity index (χ1n) is 7.14. The van der Waals surface area contributed by atoms with E-state index in [1.54, 1.807) is 0 Å². The van der Waals surface area contributed by atoms with Crippen molar-refractivity contribution in [1.82, 2.24) is 0 Å². The fraction of sp³-hybridized carbons (Fsp3) is 0.188. The third-order valence-electron chi connectivity index (χ3n) is 3.61. The van der Waals surface area contributed by atoms with Gasteiger partial charge in [0.1, 0.15) is 0 Å². The standard InChI is InChI=1S/C16H15FN2O3S/c17-23(21,22)15-9-7-14(8-10-15)19-16(20)18-13-5-3-12(4-6-13)11-1-2-11/h3-11H,1-2H2,(H2,18,19,20). The molecule has 2 aromatic carbocycles. The van der Waals surface area contributed by atoms with Crippen LogP contribution in [-0.2, 0) is 10.2 Å². The van der Waals surface area contributed by atoms with E-state index < -0.39 is 21.1 Å². The Kier molecular flexibility index (Phi) is 4.04. The summed E-state index contributed by atoms with van der Waals surface area (Å²) in [6, 6.07) is 12.0. The monoisotopic (exact) mass is 334 g/mol. The molecule has 2 aromatic rings. The third-order valence-corrected chi connectivity index (χ3v) is 4.45. The topological polar surface area (TPSA) is 75.3 Å². The average Bonchev–Trinajstić information content (AvgIpc) is 3.32. The fourth-order valence-electron chi connectivity index (χ4n) is 2.25. The molecule has 0 spiro atoms. The fourth-order valence-corrected chi connectivity index (χ4v) is 2.71. The second-order valence-electron chi connectivity index (χ2n) is 5.44. The lowest BCUT2D eigenvalue weighted by Gasteiger charge is -2.08. The molecule has 1 fully saturated rings. The van der Waals surface area contributed by atoms with E-state index in [9.17, 15) is 17.1 Å². The van der Waals surface area contributed by atoms with Gasteiger partial charge in [0, 0.05) is 11.4 Å². The maximum absolute atomic E-state index is 12.8. The lowest BCUT2D eigenvalue weighted by Crippen LogP contribution is -2.19. The van der Waals surface area contributed by atoms with Crippen molar-refractivity contribution in [3.63, 3.8) is 0 Å². The number of rotatable bonds is 4. The number of hydrogen-bond donors (Lipinski definition) is 2. The van der Waals surface area contributed by atoms with E-state index in [4.69, 9.17) is 0 Å². The molecule has 0 aliphatic heterocycles. The Morgan fingerprint density at radius 2 is 1.39 bits per heavy atom. The number of halogens is 1. The molecule has 1 saturated carbocycles. The van der Waals surface area contributed by atoms with Gasteiger partial charge >= 0.3 is 16.3 Å². The Hall–Kier alpha value is -2.41. The Balaban J connectivity index is 1.60. The number of nitrogens with one attached hydrogen (secondary N) is 2. The summed E-state index contributed by atoms with van der Waals surface area (Å²) in [4.78, 5) is 11.4. The van der Waals surface area contributed by atoms with Gasteiger partial charge in [0.15, 0.2) is 0 Å². The number of anilines is 2. The van der Waals surface area contributed by atoms with Gasteiger partial charge in [-0.25, -0.2) is 4.79 Å². The van der Waals surface area contributed by atoms with Gasteiger partial charge in [-0.2, -0.15) is 8.42 Å². The Morgan fingerprint density at radius 3 is 1.83 bits per heavy atom. The molecule has 0 saturated heterocycles. The van der Waals surface area contributed by atoms with Gasteiger partial charge in [0.25, 0.3) is 0 Å². The van der Waals surface area contributed by atoms with Crippen molar-refractivity contribution in [1.29, 1.82) is 0 Å². The summed E-state index contributed by atoms with van der Waals surface area (Å²) in [5.41, 5.74) is 2.30. The Bertz CT molecular complexity index is 813. The minimum Gasteiger partial charge on any atom is -0.308 e. The highest BCUT2D eigenvalue weighted by Crippen LogP contribution is 2.40. The molecule has 1 aliphatic carbocycles.